The van der Waals surface area contributed by atoms with Gasteiger partial charge in [0.25, 0.3) is 0 Å². The standard InChI is InChI=1S/C24H35N5O4/c1-31-22-16-20(4-5-21(22)33-15-12-28-10-13-32-14-11-28)17-25-18-24(30)6-2-9-29(19-24)23-26-7-3-8-27-23/h3-5,7-8,16,25,30H,2,6,9-15,17-19H2,1H3/t24-/m1/s1. The molecule has 2 aliphatic heterocycles. The van der Waals surface area contributed by atoms with Crippen LogP contribution in [0.4, 0.5) is 5.95 Å². The molecule has 0 amide bonds. The number of nitrogens with one attached hydrogen (secondary N) is 1. The number of aliphatic hydroxyl groups is 1. The molecule has 2 N–H and O–H groups in total. The first kappa shape index (κ1) is 23.7. The molecule has 1 aromatic heterocycles. The van der Waals surface area contributed by atoms with Gasteiger partial charge in [0.05, 0.1) is 32.5 Å². The van der Waals surface area contributed by atoms with Gasteiger partial charge in [0.1, 0.15) is 6.61 Å². The van der Waals surface area contributed by atoms with Gasteiger partial charge in [-0.2, -0.15) is 0 Å². The molecule has 0 unspecified atom stereocenters. The molecule has 0 radical (unpaired) electrons. The van der Waals surface area contributed by atoms with E-state index in [0.717, 1.165) is 69.3 Å². The van der Waals surface area contributed by atoms with E-state index in [1.807, 2.05) is 18.2 Å². The molecule has 9 nitrogen and oxygen atoms in total. The summed E-state index contributed by atoms with van der Waals surface area (Å²) in [5.41, 5.74) is 0.263. The lowest BCUT2D eigenvalue weighted by atomic mass is 9.93. The van der Waals surface area contributed by atoms with Crippen LogP contribution in [0.2, 0.25) is 0 Å². The molecule has 0 saturated carbocycles. The highest BCUT2D eigenvalue weighted by Gasteiger charge is 2.33. The van der Waals surface area contributed by atoms with E-state index >= 15 is 0 Å². The van der Waals surface area contributed by atoms with Crippen LogP contribution in [0.25, 0.3) is 0 Å². The van der Waals surface area contributed by atoms with Gasteiger partial charge in [0, 0.05) is 51.7 Å². The highest BCUT2D eigenvalue weighted by molar-refractivity contribution is 5.43. The Balaban J connectivity index is 1.25. The summed E-state index contributed by atoms with van der Waals surface area (Å²) in [6.45, 7) is 7.48. The second-order valence-electron chi connectivity index (χ2n) is 8.69. The molecular formula is C24H35N5O4. The van der Waals surface area contributed by atoms with E-state index in [9.17, 15) is 5.11 Å². The van der Waals surface area contributed by atoms with Crippen molar-refractivity contribution in [2.45, 2.75) is 25.0 Å². The Hall–Kier alpha value is -2.46. The SMILES string of the molecule is COc1cc(CNC[C@]2(O)CCCN(c3ncccn3)C2)ccc1OCCN1CCOCC1. The number of anilines is 1. The maximum absolute atomic E-state index is 11.1. The number of rotatable bonds is 10. The molecule has 2 aliphatic rings. The van der Waals surface area contributed by atoms with E-state index < -0.39 is 5.60 Å². The third kappa shape index (κ3) is 6.77. The molecule has 1 atom stereocenters. The lowest BCUT2D eigenvalue weighted by Crippen LogP contribution is -2.53. The molecule has 0 spiro atoms. The largest absolute Gasteiger partial charge is 0.493 e. The van der Waals surface area contributed by atoms with Gasteiger partial charge < -0.3 is 29.5 Å². The first-order valence-corrected chi connectivity index (χ1v) is 11.7. The number of methoxy groups -OCH3 is 1. The van der Waals surface area contributed by atoms with Crippen molar-refractivity contribution in [3.05, 3.63) is 42.2 Å². The zero-order chi connectivity index (χ0) is 22.9. The first-order valence-electron chi connectivity index (χ1n) is 11.7. The van der Waals surface area contributed by atoms with Gasteiger partial charge in [-0.25, -0.2) is 9.97 Å². The zero-order valence-corrected chi connectivity index (χ0v) is 19.4. The minimum atomic E-state index is -0.815. The number of β-amino-alcohol motifs (C(OH)–C–C–N with tert-alkyl or cyclic N) is 1. The monoisotopic (exact) mass is 457 g/mol. The third-order valence-corrected chi connectivity index (χ3v) is 6.17. The van der Waals surface area contributed by atoms with Crippen molar-refractivity contribution in [1.29, 1.82) is 0 Å². The maximum atomic E-state index is 11.1. The highest BCUT2D eigenvalue weighted by Crippen LogP contribution is 2.28. The molecule has 0 bridgehead atoms. The van der Waals surface area contributed by atoms with Crippen molar-refractivity contribution in [3.63, 3.8) is 0 Å². The molecule has 33 heavy (non-hydrogen) atoms. The van der Waals surface area contributed by atoms with E-state index in [-0.39, 0.29) is 0 Å². The van der Waals surface area contributed by atoms with E-state index in [1.54, 1.807) is 25.6 Å². The number of ether oxygens (including phenoxy) is 3. The summed E-state index contributed by atoms with van der Waals surface area (Å²) in [5, 5.41) is 14.5. The Morgan fingerprint density at radius 2 is 1.97 bits per heavy atom. The van der Waals surface area contributed by atoms with E-state index in [4.69, 9.17) is 14.2 Å². The molecule has 0 aliphatic carbocycles. The van der Waals surface area contributed by atoms with Crippen molar-refractivity contribution in [2.24, 2.45) is 0 Å². The number of benzene rings is 1. The Morgan fingerprint density at radius 3 is 2.76 bits per heavy atom. The van der Waals surface area contributed by atoms with Crippen LogP contribution in [-0.4, -0.2) is 91.8 Å². The van der Waals surface area contributed by atoms with Crippen LogP contribution in [0.5, 0.6) is 11.5 Å². The molecule has 2 fully saturated rings. The summed E-state index contributed by atoms with van der Waals surface area (Å²) in [6, 6.07) is 7.79. The normalized spacial score (nSPS) is 21.7. The zero-order valence-electron chi connectivity index (χ0n) is 19.4. The molecule has 180 valence electrons. The van der Waals surface area contributed by atoms with Crippen LogP contribution in [0.15, 0.2) is 36.7 Å². The van der Waals surface area contributed by atoms with Crippen molar-refractivity contribution < 1.29 is 19.3 Å². The van der Waals surface area contributed by atoms with Gasteiger partial charge in [-0.05, 0) is 36.6 Å². The first-order chi connectivity index (χ1) is 16.1. The number of piperidine rings is 1. The van der Waals surface area contributed by atoms with Crippen molar-refractivity contribution in [2.75, 3.05) is 71.1 Å². The number of hydrogen-bond donors (Lipinski definition) is 2. The van der Waals surface area contributed by atoms with Crippen LogP contribution in [0.3, 0.4) is 0 Å². The molecule has 2 saturated heterocycles. The minimum Gasteiger partial charge on any atom is -0.493 e. The summed E-state index contributed by atoms with van der Waals surface area (Å²) in [6.07, 6.45) is 5.12. The topological polar surface area (TPSA) is 92.2 Å². The molecule has 4 rings (SSSR count). The van der Waals surface area contributed by atoms with Crippen molar-refractivity contribution in [1.82, 2.24) is 20.2 Å². The minimum absolute atomic E-state index is 0.496. The van der Waals surface area contributed by atoms with Crippen molar-refractivity contribution in [3.8, 4) is 11.5 Å². The molecule has 1 aromatic carbocycles. The maximum Gasteiger partial charge on any atom is 0.225 e. The second kappa shape index (κ2) is 11.6. The Kier molecular flexibility index (Phi) is 8.33. The summed E-state index contributed by atoms with van der Waals surface area (Å²) in [4.78, 5) is 13.0. The highest BCUT2D eigenvalue weighted by atomic mass is 16.5. The van der Waals surface area contributed by atoms with Gasteiger partial charge in [-0.1, -0.05) is 6.07 Å². The summed E-state index contributed by atoms with van der Waals surface area (Å²) < 4.78 is 16.9. The molecule has 2 aromatic rings. The molecule has 3 heterocycles. The average molecular weight is 458 g/mol. The third-order valence-electron chi connectivity index (χ3n) is 6.17. The van der Waals surface area contributed by atoms with E-state index in [1.165, 1.54) is 0 Å². The fraction of sp³-hybridized carbons (Fsp3) is 0.583. The predicted octanol–water partition coefficient (Wildman–Crippen LogP) is 1.32. The number of nitrogens with zero attached hydrogens (tertiary/aromatic N) is 4. The average Bonchev–Trinajstić information content (AvgIpc) is 2.86. The Morgan fingerprint density at radius 1 is 1.15 bits per heavy atom. The summed E-state index contributed by atoms with van der Waals surface area (Å²) >= 11 is 0. The van der Waals surface area contributed by atoms with E-state index in [0.29, 0.717) is 32.2 Å². The number of aromatic nitrogens is 2. The van der Waals surface area contributed by atoms with E-state index in [2.05, 4.69) is 25.1 Å². The van der Waals surface area contributed by atoms with Gasteiger partial charge >= 0.3 is 0 Å². The number of hydrogen-bond acceptors (Lipinski definition) is 9. The van der Waals surface area contributed by atoms with Crippen LogP contribution < -0.4 is 19.7 Å². The fourth-order valence-electron chi connectivity index (χ4n) is 4.37. The predicted molar refractivity (Wildman–Crippen MR) is 126 cm³/mol. The Bertz CT molecular complexity index is 865. The summed E-state index contributed by atoms with van der Waals surface area (Å²) in [5.74, 6) is 2.14. The van der Waals surface area contributed by atoms with Crippen LogP contribution in [-0.2, 0) is 11.3 Å². The lowest BCUT2D eigenvalue weighted by molar-refractivity contribution is 0.0256. The van der Waals surface area contributed by atoms with Gasteiger partial charge in [0.2, 0.25) is 5.95 Å². The Labute approximate surface area is 195 Å². The quantitative estimate of drug-likeness (QED) is 0.548. The fourth-order valence-corrected chi connectivity index (χ4v) is 4.37. The smallest absolute Gasteiger partial charge is 0.225 e. The summed E-state index contributed by atoms with van der Waals surface area (Å²) in [7, 11) is 1.66. The van der Waals surface area contributed by atoms with Crippen molar-refractivity contribution >= 4 is 5.95 Å². The molecule has 9 heteroatoms. The van der Waals surface area contributed by atoms with Gasteiger partial charge in [-0.3, -0.25) is 4.90 Å². The van der Waals surface area contributed by atoms with Crippen LogP contribution in [0, 0.1) is 0 Å². The molecular weight excluding hydrogens is 422 g/mol. The van der Waals surface area contributed by atoms with Gasteiger partial charge in [0.15, 0.2) is 11.5 Å². The number of morpholine rings is 1. The second-order valence-corrected chi connectivity index (χ2v) is 8.69. The lowest BCUT2D eigenvalue weighted by Gasteiger charge is -2.39. The van der Waals surface area contributed by atoms with Crippen LogP contribution >= 0.6 is 0 Å². The van der Waals surface area contributed by atoms with Crippen LogP contribution in [0.1, 0.15) is 18.4 Å². The van der Waals surface area contributed by atoms with Gasteiger partial charge in [-0.15, -0.1) is 0 Å².